The summed E-state index contributed by atoms with van der Waals surface area (Å²) in [6, 6.07) is 3.79. The molecule has 3 rings (SSSR count). The molecule has 0 spiro atoms. The van der Waals surface area contributed by atoms with Crippen LogP contribution in [0.15, 0.2) is 23.0 Å². The van der Waals surface area contributed by atoms with Crippen molar-refractivity contribution < 1.29 is 8.78 Å². The van der Waals surface area contributed by atoms with Gasteiger partial charge >= 0.3 is 0 Å². The first-order chi connectivity index (χ1) is 11.9. The Balaban J connectivity index is 2.02. The number of hydrogen-bond donors (Lipinski definition) is 1. The Morgan fingerprint density at radius 3 is 2.44 bits per heavy atom. The molecule has 2 heterocycles. The van der Waals surface area contributed by atoms with E-state index in [1.165, 1.54) is 18.2 Å². The zero-order valence-electron chi connectivity index (χ0n) is 14.8. The van der Waals surface area contributed by atoms with Crippen LogP contribution in [0.3, 0.4) is 0 Å². The molecule has 25 heavy (non-hydrogen) atoms. The van der Waals surface area contributed by atoms with Crippen molar-refractivity contribution >= 4 is 5.95 Å². The van der Waals surface area contributed by atoms with E-state index in [0.717, 1.165) is 25.9 Å². The van der Waals surface area contributed by atoms with Crippen LogP contribution in [0.1, 0.15) is 49.4 Å². The summed E-state index contributed by atoms with van der Waals surface area (Å²) in [5.74, 6) is -0.754. The van der Waals surface area contributed by atoms with E-state index in [1.54, 1.807) is 13.8 Å². The Bertz CT molecular complexity index is 806. The fraction of sp³-hybridized carbons (Fsp3) is 0.474. The summed E-state index contributed by atoms with van der Waals surface area (Å²) in [5, 5.41) is 0. The second kappa shape index (κ2) is 6.94. The summed E-state index contributed by atoms with van der Waals surface area (Å²) >= 11 is 0. The molecule has 1 atom stereocenters. The smallest absolute Gasteiger partial charge is 0.255 e. The molecule has 1 fully saturated rings. The number of anilines is 1. The topological polar surface area (TPSA) is 49.0 Å². The van der Waals surface area contributed by atoms with Gasteiger partial charge in [0, 0.05) is 30.1 Å². The number of aromatic nitrogens is 2. The largest absolute Gasteiger partial charge is 0.342 e. The van der Waals surface area contributed by atoms with Gasteiger partial charge in [-0.3, -0.25) is 9.78 Å². The average Bonchev–Trinajstić information content (AvgIpc) is 2.57. The molecule has 6 heteroatoms. The standard InChI is InChI=1S/C19H23F2N3O/c1-11-7-9-24(10-8-11)19-22-17(13(3)18(25)23-19)12(2)16-14(20)5-4-6-15(16)21/h4-6,11-12H,7-10H2,1-3H3,(H,22,23,25). The van der Waals surface area contributed by atoms with E-state index < -0.39 is 17.6 Å². The van der Waals surface area contributed by atoms with Gasteiger partial charge in [-0.15, -0.1) is 0 Å². The summed E-state index contributed by atoms with van der Waals surface area (Å²) in [6.45, 7) is 7.15. The minimum absolute atomic E-state index is 0.0538. The van der Waals surface area contributed by atoms with Crippen molar-refractivity contribution in [3.8, 4) is 0 Å². The SMILES string of the molecule is Cc1c(C(C)c2c(F)cccc2F)nc(N2CCC(C)CC2)[nH]c1=O. The zero-order chi connectivity index (χ0) is 18.1. The van der Waals surface area contributed by atoms with Gasteiger partial charge in [0.2, 0.25) is 5.95 Å². The Hall–Kier alpha value is -2.24. The minimum atomic E-state index is -0.647. The fourth-order valence-corrected chi connectivity index (χ4v) is 3.39. The lowest BCUT2D eigenvalue weighted by atomic mass is 9.94. The van der Waals surface area contributed by atoms with Crippen LogP contribution in [0.25, 0.3) is 0 Å². The highest BCUT2D eigenvalue weighted by Gasteiger charge is 2.24. The summed E-state index contributed by atoms with van der Waals surface area (Å²) in [4.78, 5) is 21.8. The van der Waals surface area contributed by atoms with Crippen LogP contribution in [0.2, 0.25) is 0 Å². The summed E-state index contributed by atoms with van der Waals surface area (Å²) in [7, 11) is 0. The summed E-state index contributed by atoms with van der Waals surface area (Å²) < 4.78 is 28.3. The van der Waals surface area contributed by atoms with Gasteiger partial charge in [0.1, 0.15) is 11.6 Å². The molecule has 1 aromatic carbocycles. The first-order valence-corrected chi connectivity index (χ1v) is 8.68. The number of nitrogens with zero attached hydrogens (tertiary/aromatic N) is 2. The molecule has 1 saturated heterocycles. The zero-order valence-corrected chi connectivity index (χ0v) is 14.8. The van der Waals surface area contributed by atoms with E-state index in [4.69, 9.17) is 0 Å². The fourth-order valence-electron chi connectivity index (χ4n) is 3.39. The first kappa shape index (κ1) is 17.6. The number of halogens is 2. The maximum atomic E-state index is 14.2. The molecular weight excluding hydrogens is 324 g/mol. The number of rotatable bonds is 3. The van der Waals surface area contributed by atoms with E-state index in [-0.39, 0.29) is 11.1 Å². The van der Waals surface area contributed by atoms with Crippen LogP contribution in [0.4, 0.5) is 14.7 Å². The van der Waals surface area contributed by atoms with Gasteiger partial charge in [0.25, 0.3) is 5.56 Å². The molecule has 1 N–H and O–H groups in total. The Kier molecular flexibility index (Phi) is 4.88. The second-order valence-electron chi connectivity index (χ2n) is 6.93. The van der Waals surface area contributed by atoms with Crippen LogP contribution in [-0.2, 0) is 0 Å². The number of piperidine rings is 1. The van der Waals surface area contributed by atoms with Crippen LogP contribution < -0.4 is 10.5 Å². The lowest BCUT2D eigenvalue weighted by Crippen LogP contribution is -2.36. The molecule has 0 aliphatic carbocycles. The molecule has 0 radical (unpaired) electrons. The third-order valence-electron chi connectivity index (χ3n) is 5.10. The van der Waals surface area contributed by atoms with Crippen molar-refractivity contribution in [3.63, 3.8) is 0 Å². The van der Waals surface area contributed by atoms with Crippen molar-refractivity contribution in [1.29, 1.82) is 0 Å². The molecule has 0 saturated carbocycles. The van der Waals surface area contributed by atoms with Gasteiger partial charge in [-0.1, -0.05) is 19.9 Å². The maximum absolute atomic E-state index is 14.2. The number of nitrogens with one attached hydrogen (secondary N) is 1. The predicted molar refractivity (Wildman–Crippen MR) is 94.1 cm³/mol. The molecule has 2 aromatic rings. The molecule has 134 valence electrons. The Morgan fingerprint density at radius 1 is 1.24 bits per heavy atom. The Labute approximate surface area is 145 Å². The second-order valence-corrected chi connectivity index (χ2v) is 6.93. The van der Waals surface area contributed by atoms with E-state index in [1.807, 2.05) is 4.90 Å². The van der Waals surface area contributed by atoms with E-state index in [9.17, 15) is 13.6 Å². The normalized spacial score (nSPS) is 16.9. The van der Waals surface area contributed by atoms with E-state index in [2.05, 4.69) is 16.9 Å². The number of H-pyrrole nitrogens is 1. The Morgan fingerprint density at radius 2 is 1.84 bits per heavy atom. The predicted octanol–water partition coefficient (Wildman–Crippen LogP) is 3.74. The molecule has 1 aromatic heterocycles. The van der Waals surface area contributed by atoms with Crippen LogP contribution in [0.5, 0.6) is 0 Å². The first-order valence-electron chi connectivity index (χ1n) is 8.68. The van der Waals surface area contributed by atoms with Crippen molar-refractivity contribution in [3.05, 3.63) is 57.0 Å². The van der Waals surface area contributed by atoms with E-state index >= 15 is 0 Å². The minimum Gasteiger partial charge on any atom is -0.342 e. The van der Waals surface area contributed by atoms with Crippen molar-refractivity contribution in [1.82, 2.24) is 9.97 Å². The van der Waals surface area contributed by atoms with Crippen molar-refractivity contribution in [2.45, 2.75) is 39.5 Å². The average molecular weight is 347 g/mol. The van der Waals surface area contributed by atoms with Gasteiger partial charge in [0.15, 0.2) is 0 Å². The quantitative estimate of drug-likeness (QED) is 0.920. The molecule has 0 bridgehead atoms. The number of aromatic amines is 1. The highest BCUT2D eigenvalue weighted by atomic mass is 19.1. The maximum Gasteiger partial charge on any atom is 0.255 e. The van der Waals surface area contributed by atoms with E-state index in [0.29, 0.717) is 23.1 Å². The molecule has 0 amide bonds. The molecule has 1 aliphatic heterocycles. The van der Waals surface area contributed by atoms with Gasteiger partial charge < -0.3 is 4.90 Å². The van der Waals surface area contributed by atoms with Gasteiger partial charge in [-0.2, -0.15) is 0 Å². The van der Waals surface area contributed by atoms with Crippen molar-refractivity contribution in [2.75, 3.05) is 18.0 Å². The molecule has 1 unspecified atom stereocenters. The molecular formula is C19H23F2N3O. The van der Waals surface area contributed by atoms with Gasteiger partial charge in [-0.25, -0.2) is 13.8 Å². The lowest BCUT2D eigenvalue weighted by molar-refractivity contribution is 0.433. The molecule has 1 aliphatic rings. The summed E-state index contributed by atoms with van der Waals surface area (Å²) in [5.41, 5.74) is 0.495. The van der Waals surface area contributed by atoms with Crippen LogP contribution in [-0.4, -0.2) is 23.1 Å². The third kappa shape index (κ3) is 3.43. The lowest BCUT2D eigenvalue weighted by Gasteiger charge is -2.31. The third-order valence-corrected chi connectivity index (χ3v) is 5.10. The molecule has 4 nitrogen and oxygen atoms in total. The van der Waals surface area contributed by atoms with Crippen LogP contribution in [0, 0.1) is 24.5 Å². The van der Waals surface area contributed by atoms with Crippen molar-refractivity contribution in [2.24, 2.45) is 5.92 Å². The number of hydrogen-bond acceptors (Lipinski definition) is 3. The highest BCUT2D eigenvalue weighted by Crippen LogP contribution is 2.29. The van der Waals surface area contributed by atoms with Crippen LogP contribution >= 0.6 is 0 Å². The summed E-state index contributed by atoms with van der Waals surface area (Å²) in [6.07, 6.45) is 2.06. The number of benzene rings is 1. The van der Waals surface area contributed by atoms with Gasteiger partial charge in [-0.05, 0) is 37.8 Å². The monoisotopic (exact) mass is 347 g/mol. The van der Waals surface area contributed by atoms with Gasteiger partial charge in [0.05, 0.1) is 5.69 Å². The highest BCUT2D eigenvalue weighted by molar-refractivity contribution is 5.39.